The largest absolute Gasteiger partial charge is 0.0953 e. The fraction of sp³-hybridized carbons (Fsp3) is 0.600. The molecule has 0 aliphatic carbocycles. The Morgan fingerprint density at radius 2 is 2.00 bits per heavy atom. The number of allylic oxidation sites excluding steroid dienone is 3. The van der Waals surface area contributed by atoms with Crippen LogP contribution in [-0.2, 0) is 0 Å². The summed E-state index contributed by atoms with van der Waals surface area (Å²) in [5, 5.41) is 0. The molecule has 0 heterocycles. The highest BCUT2D eigenvalue weighted by atomic mass is 14.1. The molecular weight excluding hydrogens is 120 g/mol. The topological polar surface area (TPSA) is 0 Å². The van der Waals surface area contributed by atoms with E-state index in [1.165, 1.54) is 11.1 Å². The van der Waals surface area contributed by atoms with Crippen molar-refractivity contribution < 1.29 is 0 Å². The lowest BCUT2D eigenvalue weighted by atomic mass is 9.95. The van der Waals surface area contributed by atoms with E-state index >= 15 is 0 Å². The SMILES string of the molecule is C=C(/C(=C\C)CC)C(C)C. The van der Waals surface area contributed by atoms with E-state index in [4.69, 9.17) is 0 Å². The summed E-state index contributed by atoms with van der Waals surface area (Å²) in [6, 6.07) is 0. The van der Waals surface area contributed by atoms with Gasteiger partial charge in [0.05, 0.1) is 0 Å². The zero-order valence-electron chi connectivity index (χ0n) is 7.57. The van der Waals surface area contributed by atoms with E-state index in [-0.39, 0.29) is 0 Å². The summed E-state index contributed by atoms with van der Waals surface area (Å²) < 4.78 is 0. The normalized spacial score (nSPS) is 12.3. The fourth-order valence-corrected chi connectivity index (χ4v) is 0.987. The average Bonchev–Trinajstić information content (AvgIpc) is 1.90. The molecule has 0 nitrogen and oxygen atoms in total. The van der Waals surface area contributed by atoms with Crippen LogP contribution < -0.4 is 0 Å². The van der Waals surface area contributed by atoms with E-state index in [1.54, 1.807) is 0 Å². The third-order valence-corrected chi connectivity index (χ3v) is 1.84. The van der Waals surface area contributed by atoms with Crippen molar-refractivity contribution in [3.63, 3.8) is 0 Å². The van der Waals surface area contributed by atoms with E-state index < -0.39 is 0 Å². The van der Waals surface area contributed by atoms with Crippen LogP contribution in [0.15, 0.2) is 23.8 Å². The molecule has 0 aromatic heterocycles. The Morgan fingerprint density at radius 1 is 1.50 bits per heavy atom. The molecule has 0 heteroatoms. The first kappa shape index (κ1) is 9.48. The van der Waals surface area contributed by atoms with Gasteiger partial charge in [-0.3, -0.25) is 0 Å². The monoisotopic (exact) mass is 138 g/mol. The molecule has 0 unspecified atom stereocenters. The van der Waals surface area contributed by atoms with Gasteiger partial charge in [-0.15, -0.1) is 0 Å². The second-order valence-corrected chi connectivity index (χ2v) is 2.85. The summed E-state index contributed by atoms with van der Waals surface area (Å²) in [4.78, 5) is 0. The van der Waals surface area contributed by atoms with Gasteiger partial charge >= 0.3 is 0 Å². The molecule has 0 radical (unpaired) electrons. The van der Waals surface area contributed by atoms with Crippen LogP contribution in [0.4, 0.5) is 0 Å². The Morgan fingerprint density at radius 3 is 2.10 bits per heavy atom. The standard InChI is InChI=1S/C10H18/c1-6-10(7-2)9(5)8(3)4/h6,8H,5,7H2,1-4H3/b10-6-. The van der Waals surface area contributed by atoms with Gasteiger partial charge in [0.1, 0.15) is 0 Å². The zero-order chi connectivity index (χ0) is 8.15. The van der Waals surface area contributed by atoms with Gasteiger partial charge in [0, 0.05) is 0 Å². The Labute approximate surface area is 64.6 Å². The Bertz CT molecular complexity index is 138. The molecule has 0 saturated heterocycles. The first-order chi connectivity index (χ1) is 4.63. The highest BCUT2D eigenvalue weighted by molar-refractivity contribution is 5.28. The Hall–Kier alpha value is -0.520. The molecule has 0 aromatic rings. The fourth-order valence-electron chi connectivity index (χ4n) is 0.987. The minimum atomic E-state index is 0.589. The average molecular weight is 138 g/mol. The molecular formula is C10H18. The van der Waals surface area contributed by atoms with Crippen molar-refractivity contribution in [3.8, 4) is 0 Å². The highest BCUT2D eigenvalue weighted by Crippen LogP contribution is 2.19. The predicted molar refractivity (Wildman–Crippen MR) is 48.0 cm³/mol. The van der Waals surface area contributed by atoms with Crippen molar-refractivity contribution in [1.82, 2.24) is 0 Å². The summed E-state index contributed by atoms with van der Waals surface area (Å²) >= 11 is 0. The third-order valence-electron chi connectivity index (χ3n) is 1.84. The molecule has 0 fully saturated rings. The maximum absolute atomic E-state index is 4.03. The predicted octanol–water partition coefficient (Wildman–Crippen LogP) is 3.55. The lowest BCUT2D eigenvalue weighted by Crippen LogP contribution is -1.95. The van der Waals surface area contributed by atoms with E-state index in [2.05, 4.69) is 40.3 Å². The number of rotatable bonds is 3. The van der Waals surface area contributed by atoms with Crippen LogP contribution in [0.25, 0.3) is 0 Å². The molecule has 0 bridgehead atoms. The third kappa shape index (κ3) is 2.38. The van der Waals surface area contributed by atoms with Crippen LogP contribution in [0.2, 0.25) is 0 Å². The van der Waals surface area contributed by atoms with Gasteiger partial charge in [-0.2, -0.15) is 0 Å². The molecule has 10 heavy (non-hydrogen) atoms. The highest BCUT2D eigenvalue weighted by Gasteiger charge is 2.02. The van der Waals surface area contributed by atoms with Gasteiger partial charge in [0.2, 0.25) is 0 Å². The van der Waals surface area contributed by atoms with Crippen molar-refractivity contribution in [2.24, 2.45) is 5.92 Å². The maximum Gasteiger partial charge on any atom is -0.0222 e. The van der Waals surface area contributed by atoms with Crippen molar-refractivity contribution in [2.45, 2.75) is 34.1 Å². The van der Waals surface area contributed by atoms with E-state index in [9.17, 15) is 0 Å². The first-order valence-electron chi connectivity index (χ1n) is 3.97. The second-order valence-electron chi connectivity index (χ2n) is 2.85. The van der Waals surface area contributed by atoms with Gasteiger partial charge in [-0.25, -0.2) is 0 Å². The lowest BCUT2D eigenvalue weighted by molar-refractivity contribution is 0.770. The molecule has 0 saturated carbocycles. The Kier molecular flexibility index (Phi) is 4.10. The van der Waals surface area contributed by atoms with Gasteiger partial charge in [0.15, 0.2) is 0 Å². The summed E-state index contributed by atoms with van der Waals surface area (Å²) in [5.74, 6) is 0.589. The van der Waals surface area contributed by atoms with Crippen LogP contribution >= 0.6 is 0 Å². The summed E-state index contributed by atoms with van der Waals surface area (Å²) in [6.45, 7) is 12.6. The lowest BCUT2D eigenvalue weighted by Gasteiger charge is -2.11. The summed E-state index contributed by atoms with van der Waals surface area (Å²) in [6.07, 6.45) is 3.26. The molecule has 0 aromatic carbocycles. The van der Waals surface area contributed by atoms with E-state index in [1.807, 2.05) is 0 Å². The van der Waals surface area contributed by atoms with E-state index in [0.717, 1.165) is 6.42 Å². The van der Waals surface area contributed by atoms with Crippen molar-refractivity contribution in [2.75, 3.05) is 0 Å². The zero-order valence-corrected chi connectivity index (χ0v) is 7.57. The minimum Gasteiger partial charge on any atom is -0.0953 e. The second kappa shape index (κ2) is 4.32. The molecule has 0 aliphatic rings. The van der Waals surface area contributed by atoms with Gasteiger partial charge in [-0.05, 0) is 30.4 Å². The number of hydrogen-bond donors (Lipinski definition) is 0. The van der Waals surface area contributed by atoms with Crippen molar-refractivity contribution >= 4 is 0 Å². The van der Waals surface area contributed by atoms with Gasteiger partial charge in [0.25, 0.3) is 0 Å². The maximum atomic E-state index is 4.03. The van der Waals surface area contributed by atoms with Crippen LogP contribution in [0.5, 0.6) is 0 Å². The molecule has 0 amide bonds. The molecule has 0 spiro atoms. The minimum absolute atomic E-state index is 0.589. The smallest absolute Gasteiger partial charge is 0.0222 e. The van der Waals surface area contributed by atoms with Crippen molar-refractivity contribution in [1.29, 1.82) is 0 Å². The van der Waals surface area contributed by atoms with E-state index in [0.29, 0.717) is 5.92 Å². The summed E-state index contributed by atoms with van der Waals surface area (Å²) in [5.41, 5.74) is 2.68. The van der Waals surface area contributed by atoms with Gasteiger partial charge < -0.3 is 0 Å². The van der Waals surface area contributed by atoms with Crippen LogP contribution in [0, 0.1) is 5.92 Å². The van der Waals surface area contributed by atoms with Crippen LogP contribution in [-0.4, -0.2) is 0 Å². The molecule has 0 atom stereocenters. The quantitative estimate of drug-likeness (QED) is 0.523. The van der Waals surface area contributed by atoms with Crippen LogP contribution in [0.3, 0.4) is 0 Å². The number of hydrogen-bond acceptors (Lipinski definition) is 0. The molecule has 58 valence electrons. The Balaban J connectivity index is 4.18. The molecule has 0 rings (SSSR count). The molecule has 0 N–H and O–H groups in total. The van der Waals surface area contributed by atoms with Gasteiger partial charge in [-0.1, -0.05) is 33.4 Å². The van der Waals surface area contributed by atoms with Crippen LogP contribution in [0.1, 0.15) is 34.1 Å². The molecule has 0 aliphatic heterocycles. The first-order valence-corrected chi connectivity index (χ1v) is 3.97. The summed E-state index contributed by atoms with van der Waals surface area (Å²) in [7, 11) is 0. The van der Waals surface area contributed by atoms with Crippen molar-refractivity contribution in [3.05, 3.63) is 23.8 Å².